The van der Waals surface area contributed by atoms with Crippen molar-refractivity contribution in [3.8, 4) is 0 Å². The molecule has 2 aromatic heterocycles. The van der Waals surface area contributed by atoms with E-state index in [4.69, 9.17) is 4.74 Å². The number of imidazole rings is 1. The summed E-state index contributed by atoms with van der Waals surface area (Å²) in [5.41, 5.74) is 2.27. The van der Waals surface area contributed by atoms with E-state index in [0.29, 0.717) is 12.3 Å². The van der Waals surface area contributed by atoms with Crippen LogP contribution in [0.15, 0.2) is 24.7 Å². The lowest BCUT2D eigenvalue weighted by atomic mass is 10.2. The Hall–Kier alpha value is -1.84. The molecule has 0 aliphatic carbocycles. The summed E-state index contributed by atoms with van der Waals surface area (Å²) >= 11 is 0. The van der Waals surface area contributed by atoms with Crippen molar-refractivity contribution in [2.45, 2.75) is 27.7 Å². The number of pyridine rings is 1. The Morgan fingerprint density at radius 3 is 2.76 bits per heavy atom. The molecule has 92 valence electrons. The van der Waals surface area contributed by atoms with Gasteiger partial charge in [-0.25, -0.2) is 9.78 Å². The second-order valence-electron chi connectivity index (χ2n) is 3.31. The number of carbonyl (C=O) groups is 1. The van der Waals surface area contributed by atoms with Crippen LogP contribution in [-0.2, 0) is 4.74 Å². The second kappa shape index (κ2) is 6.03. The first kappa shape index (κ1) is 13.2. The van der Waals surface area contributed by atoms with Crippen LogP contribution in [0.25, 0.3) is 5.52 Å². The van der Waals surface area contributed by atoms with Gasteiger partial charge in [0.1, 0.15) is 6.33 Å². The Bertz CT molecular complexity index is 503. The van der Waals surface area contributed by atoms with Crippen molar-refractivity contribution in [3.05, 3.63) is 35.9 Å². The quantitative estimate of drug-likeness (QED) is 0.750. The summed E-state index contributed by atoms with van der Waals surface area (Å²) in [6.07, 6.45) is 3.54. The average molecular weight is 234 g/mol. The molecule has 4 nitrogen and oxygen atoms in total. The van der Waals surface area contributed by atoms with Gasteiger partial charge in [0.15, 0.2) is 5.69 Å². The number of rotatable bonds is 2. The summed E-state index contributed by atoms with van der Waals surface area (Å²) in [4.78, 5) is 15.6. The van der Waals surface area contributed by atoms with Crippen LogP contribution in [0.5, 0.6) is 0 Å². The number of hydrogen-bond acceptors (Lipinski definition) is 3. The molecule has 0 atom stereocenters. The van der Waals surface area contributed by atoms with Gasteiger partial charge in [0.2, 0.25) is 0 Å². The minimum absolute atomic E-state index is 0.365. The molecule has 0 aliphatic heterocycles. The maximum absolute atomic E-state index is 11.5. The van der Waals surface area contributed by atoms with E-state index in [2.05, 4.69) is 4.98 Å². The molecule has 0 aromatic carbocycles. The third-order valence-electron chi connectivity index (χ3n) is 2.15. The Labute approximate surface area is 101 Å². The van der Waals surface area contributed by atoms with Crippen LogP contribution >= 0.6 is 0 Å². The van der Waals surface area contributed by atoms with Crippen molar-refractivity contribution in [3.63, 3.8) is 0 Å². The smallest absolute Gasteiger partial charge is 0.359 e. The SMILES string of the molecule is CC.CCOC(=O)c1ncn2cc(C)ccc12. The van der Waals surface area contributed by atoms with Crippen molar-refractivity contribution in [1.29, 1.82) is 0 Å². The second-order valence-corrected chi connectivity index (χ2v) is 3.31. The van der Waals surface area contributed by atoms with Gasteiger partial charge in [0.05, 0.1) is 12.1 Å². The topological polar surface area (TPSA) is 43.6 Å². The van der Waals surface area contributed by atoms with E-state index in [0.717, 1.165) is 11.1 Å². The molecule has 0 fully saturated rings. The number of nitrogens with zero attached hydrogens (tertiary/aromatic N) is 2. The minimum Gasteiger partial charge on any atom is -0.461 e. The molecule has 0 unspecified atom stereocenters. The fourth-order valence-corrected chi connectivity index (χ4v) is 1.47. The first-order chi connectivity index (χ1) is 8.22. The predicted molar refractivity (Wildman–Crippen MR) is 67.2 cm³/mol. The molecule has 0 radical (unpaired) electrons. The number of aryl methyl sites for hydroxylation is 1. The molecular weight excluding hydrogens is 216 g/mol. The maximum atomic E-state index is 11.5. The molecule has 0 amide bonds. The summed E-state index contributed by atoms with van der Waals surface area (Å²) in [6.45, 7) is 8.13. The van der Waals surface area contributed by atoms with Crippen LogP contribution < -0.4 is 0 Å². The van der Waals surface area contributed by atoms with Crippen LogP contribution in [0, 0.1) is 6.92 Å². The lowest BCUT2D eigenvalue weighted by Gasteiger charge is -1.99. The van der Waals surface area contributed by atoms with Crippen molar-refractivity contribution in [1.82, 2.24) is 9.38 Å². The zero-order valence-electron chi connectivity index (χ0n) is 10.7. The van der Waals surface area contributed by atoms with Crippen molar-refractivity contribution in [2.75, 3.05) is 6.61 Å². The minimum atomic E-state index is -0.371. The van der Waals surface area contributed by atoms with E-state index in [-0.39, 0.29) is 5.97 Å². The molecule has 0 bridgehead atoms. The molecular formula is C13H18N2O2. The zero-order chi connectivity index (χ0) is 12.8. The van der Waals surface area contributed by atoms with E-state index in [1.807, 2.05) is 43.5 Å². The standard InChI is InChI=1S/C11H12N2O2.C2H6/c1-3-15-11(14)10-9-5-4-8(2)6-13(9)7-12-10;1-2/h4-7H,3H2,1-2H3;1-2H3. The van der Waals surface area contributed by atoms with Gasteiger partial charge in [0.25, 0.3) is 0 Å². The van der Waals surface area contributed by atoms with Gasteiger partial charge >= 0.3 is 5.97 Å². The van der Waals surface area contributed by atoms with Gasteiger partial charge in [-0.2, -0.15) is 0 Å². The lowest BCUT2D eigenvalue weighted by molar-refractivity contribution is 0.0522. The van der Waals surface area contributed by atoms with E-state index in [1.165, 1.54) is 0 Å². The Morgan fingerprint density at radius 1 is 1.41 bits per heavy atom. The fraction of sp³-hybridized carbons (Fsp3) is 0.385. The number of ether oxygens (including phenoxy) is 1. The largest absolute Gasteiger partial charge is 0.461 e. The van der Waals surface area contributed by atoms with Crippen molar-refractivity contribution >= 4 is 11.5 Å². The van der Waals surface area contributed by atoms with E-state index in [1.54, 1.807) is 13.3 Å². The maximum Gasteiger partial charge on any atom is 0.359 e. The summed E-state index contributed by atoms with van der Waals surface area (Å²) < 4.78 is 6.73. The van der Waals surface area contributed by atoms with Crippen LogP contribution in [0.1, 0.15) is 36.8 Å². The zero-order valence-corrected chi connectivity index (χ0v) is 10.7. The highest BCUT2D eigenvalue weighted by Gasteiger charge is 2.13. The van der Waals surface area contributed by atoms with E-state index >= 15 is 0 Å². The van der Waals surface area contributed by atoms with Gasteiger partial charge in [-0.15, -0.1) is 0 Å². The first-order valence-electron chi connectivity index (χ1n) is 5.83. The van der Waals surface area contributed by atoms with Crippen molar-refractivity contribution in [2.24, 2.45) is 0 Å². The van der Waals surface area contributed by atoms with Gasteiger partial charge in [-0.05, 0) is 25.5 Å². The molecule has 0 N–H and O–H groups in total. The third kappa shape index (κ3) is 2.84. The average Bonchev–Trinajstić information content (AvgIpc) is 2.74. The molecule has 2 rings (SSSR count). The summed E-state index contributed by atoms with van der Waals surface area (Å²) in [5.74, 6) is -0.371. The third-order valence-corrected chi connectivity index (χ3v) is 2.15. The van der Waals surface area contributed by atoms with Crippen molar-refractivity contribution < 1.29 is 9.53 Å². The highest BCUT2D eigenvalue weighted by atomic mass is 16.5. The van der Waals surface area contributed by atoms with E-state index < -0.39 is 0 Å². The normalized spacial score (nSPS) is 9.65. The van der Waals surface area contributed by atoms with Gasteiger partial charge in [-0.1, -0.05) is 19.9 Å². The van der Waals surface area contributed by atoms with Crippen LogP contribution in [0.4, 0.5) is 0 Å². The van der Waals surface area contributed by atoms with Crippen LogP contribution in [0.3, 0.4) is 0 Å². The van der Waals surface area contributed by atoms with E-state index in [9.17, 15) is 4.79 Å². The lowest BCUT2D eigenvalue weighted by Crippen LogP contribution is -2.05. The number of aromatic nitrogens is 2. The monoisotopic (exact) mass is 234 g/mol. The summed E-state index contributed by atoms with van der Waals surface area (Å²) in [6, 6.07) is 3.81. The molecule has 17 heavy (non-hydrogen) atoms. The molecule has 0 saturated carbocycles. The molecule has 2 aromatic rings. The fourth-order valence-electron chi connectivity index (χ4n) is 1.47. The highest BCUT2D eigenvalue weighted by Crippen LogP contribution is 2.11. The molecule has 0 saturated heterocycles. The highest BCUT2D eigenvalue weighted by molar-refractivity contribution is 5.94. The van der Waals surface area contributed by atoms with Gasteiger partial charge < -0.3 is 9.14 Å². The van der Waals surface area contributed by atoms with Crippen LogP contribution in [-0.4, -0.2) is 22.0 Å². The Morgan fingerprint density at radius 2 is 2.12 bits per heavy atom. The molecule has 0 aliphatic rings. The molecule has 0 spiro atoms. The Kier molecular flexibility index (Phi) is 4.69. The first-order valence-corrected chi connectivity index (χ1v) is 5.83. The number of carbonyl (C=O) groups excluding carboxylic acids is 1. The molecule has 4 heteroatoms. The number of esters is 1. The van der Waals surface area contributed by atoms with Gasteiger partial charge in [-0.3, -0.25) is 0 Å². The molecule has 2 heterocycles. The number of hydrogen-bond donors (Lipinski definition) is 0. The predicted octanol–water partition coefficient (Wildman–Crippen LogP) is 2.85. The summed E-state index contributed by atoms with van der Waals surface area (Å²) in [7, 11) is 0. The Balaban J connectivity index is 0.000000686. The van der Waals surface area contributed by atoms with Gasteiger partial charge in [0, 0.05) is 6.20 Å². The summed E-state index contributed by atoms with van der Waals surface area (Å²) in [5, 5.41) is 0. The number of fused-ring (bicyclic) bond motifs is 1. The van der Waals surface area contributed by atoms with Crippen LogP contribution in [0.2, 0.25) is 0 Å².